The number of amides is 1. The van der Waals surface area contributed by atoms with Crippen LogP contribution in [0.4, 0.5) is 0 Å². The molecule has 0 fully saturated rings. The van der Waals surface area contributed by atoms with Crippen molar-refractivity contribution in [1.82, 2.24) is 10.3 Å². The monoisotopic (exact) mass is 374 g/mol. The number of carbonyl (C=O) groups excluding carboxylic acids is 1. The van der Waals surface area contributed by atoms with Crippen molar-refractivity contribution in [3.8, 4) is 5.88 Å². The molecule has 1 N–H and O–H groups in total. The van der Waals surface area contributed by atoms with Crippen LogP contribution in [0.1, 0.15) is 64.5 Å². The summed E-state index contributed by atoms with van der Waals surface area (Å²) < 4.78 is 11.9. The van der Waals surface area contributed by atoms with Crippen LogP contribution < -0.4 is 10.1 Å². The van der Waals surface area contributed by atoms with Gasteiger partial charge < -0.3 is 14.8 Å². The Kier molecular flexibility index (Phi) is 8.29. The predicted molar refractivity (Wildman–Crippen MR) is 109 cm³/mol. The van der Waals surface area contributed by atoms with Crippen LogP contribution >= 0.6 is 0 Å². The van der Waals surface area contributed by atoms with Gasteiger partial charge in [-0.2, -0.15) is 0 Å². The van der Waals surface area contributed by atoms with E-state index in [0.717, 1.165) is 24.3 Å². The second-order valence-corrected chi connectivity index (χ2v) is 7.81. The van der Waals surface area contributed by atoms with Gasteiger partial charge in [0.1, 0.15) is 0 Å². The summed E-state index contributed by atoms with van der Waals surface area (Å²) in [4.78, 5) is 15.5. The first-order valence-corrected chi connectivity index (χ1v) is 10.0. The Bertz CT molecular complexity index is 657. The maximum atomic E-state index is 11.0. The van der Waals surface area contributed by atoms with Gasteiger partial charge in [0, 0.05) is 24.7 Å². The number of nitrogens with zero attached hydrogens (tertiary/aromatic N) is 1. The van der Waals surface area contributed by atoms with Gasteiger partial charge in [0.15, 0.2) is 0 Å². The van der Waals surface area contributed by atoms with Crippen molar-refractivity contribution in [2.24, 2.45) is 5.92 Å². The number of hydrogen-bond donors (Lipinski definition) is 1. The molecule has 1 aromatic rings. The number of nitrogens with one attached hydrogen (secondary N) is 1. The molecule has 2 rings (SSSR count). The summed E-state index contributed by atoms with van der Waals surface area (Å²) in [5.74, 6) is 1.06. The van der Waals surface area contributed by atoms with Gasteiger partial charge >= 0.3 is 0 Å². The van der Waals surface area contributed by atoms with Crippen molar-refractivity contribution in [2.45, 2.75) is 72.4 Å². The minimum absolute atomic E-state index is 0.0241. The second kappa shape index (κ2) is 10.5. The van der Waals surface area contributed by atoms with E-state index in [1.807, 2.05) is 13.1 Å². The average Bonchev–Trinajstić information content (AvgIpc) is 3.13. The van der Waals surface area contributed by atoms with Crippen LogP contribution in [0.15, 0.2) is 18.3 Å². The molecule has 150 valence electrons. The third kappa shape index (κ3) is 6.98. The molecule has 0 radical (unpaired) electrons. The molecule has 1 amide bonds. The molecular weight excluding hydrogens is 340 g/mol. The molecule has 0 aromatic carbocycles. The van der Waals surface area contributed by atoms with Gasteiger partial charge in [0.2, 0.25) is 11.8 Å². The van der Waals surface area contributed by atoms with E-state index in [0.29, 0.717) is 19.1 Å². The summed E-state index contributed by atoms with van der Waals surface area (Å²) in [5, 5.41) is 2.83. The Morgan fingerprint density at radius 3 is 2.74 bits per heavy atom. The maximum Gasteiger partial charge on any atom is 0.217 e. The summed E-state index contributed by atoms with van der Waals surface area (Å²) in [7, 11) is 0. The Balaban J connectivity index is 1.79. The molecular formula is C22H34N2O3. The summed E-state index contributed by atoms with van der Waals surface area (Å²) in [6, 6.07) is 2.12. The van der Waals surface area contributed by atoms with E-state index in [9.17, 15) is 4.79 Å². The highest BCUT2D eigenvalue weighted by atomic mass is 16.5. The van der Waals surface area contributed by atoms with Crippen molar-refractivity contribution in [1.29, 1.82) is 0 Å². The Hall–Kier alpha value is -1.88. The highest BCUT2D eigenvalue weighted by Crippen LogP contribution is 2.32. The van der Waals surface area contributed by atoms with E-state index in [1.165, 1.54) is 30.9 Å². The number of ether oxygens (including phenoxy) is 2. The molecule has 1 aromatic heterocycles. The van der Waals surface area contributed by atoms with Crippen molar-refractivity contribution >= 4 is 11.5 Å². The lowest BCUT2D eigenvalue weighted by Gasteiger charge is -2.21. The first-order chi connectivity index (χ1) is 12.9. The average molecular weight is 375 g/mol. The summed E-state index contributed by atoms with van der Waals surface area (Å²) in [5.41, 5.74) is 3.82. The lowest BCUT2D eigenvalue weighted by molar-refractivity contribution is -0.120. The molecule has 1 aliphatic rings. The largest absolute Gasteiger partial charge is 0.477 e. The van der Waals surface area contributed by atoms with Crippen molar-refractivity contribution < 1.29 is 14.3 Å². The quantitative estimate of drug-likeness (QED) is 0.664. The summed E-state index contributed by atoms with van der Waals surface area (Å²) in [6.07, 6.45) is 8.74. The van der Waals surface area contributed by atoms with Crippen molar-refractivity contribution in [3.63, 3.8) is 0 Å². The van der Waals surface area contributed by atoms with E-state index in [2.05, 4.69) is 43.2 Å². The molecule has 0 bridgehead atoms. The fourth-order valence-electron chi connectivity index (χ4n) is 3.55. The van der Waals surface area contributed by atoms with E-state index in [4.69, 9.17) is 9.47 Å². The number of aromatic nitrogens is 1. The number of allylic oxidation sites excluding steroid dienone is 2. The normalized spacial score (nSPS) is 17.1. The molecule has 27 heavy (non-hydrogen) atoms. The Labute approximate surface area is 163 Å². The van der Waals surface area contributed by atoms with Crippen LogP contribution in [0, 0.1) is 12.8 Å². The lowest BCUT2D eigenvalue weighted by Crippen LogP contribution is -2.35. The molecule has 0 unspecified atom stereocenters. The van der Waals surface area contributed by atoms with Gasteiger partial charge in [-0.25, -0.2) is 4.98 Å². The Morgan fingerprint density at radius 2 is 2.07 bits per heavy atom. The molecule has 0 aliphatic heterocycles. The van der Waals surface area contributed by atoms with Crippen LogP contribution in [0.2, 0.25) is 0 Å². The Morgan fingerprint density at radius 1 is 1.30 bits per heavy atom. The zero-order valence-electron chi connectivity index (χ0n) is 17.4. The number of hydrogen-bond acceptors (Lipinski definition) is 4. The minimum Gasteiger partial charge on any atom is -0.477 e. The third-order valence-corrected chi connectivity index (χ3v) is 4.86. The molecule has 1 aliphatic carbocycles. The molecule has 0 spiro atoms. The molecule has 3 atom stereocenters. The SMILES string of the molecule is CC(=O)N[C@@H](C)CO[C@@H](C)C[C@H](C)COc1nccc(C2=CCCC2)c1C. The smallest absolute Gasteiger partial charge is 0.217 e. The summed E-state index contributed by atoms with van der Waals surface area (Å²) in [6.45, 7) is 10.9. The standard InChI is InChI=1S/C22H34N2O3/c1-15(12-17(3)26-14-16(2)24-19(5)25)13-27-22-18(4)21(10-11-23-22)20-8-6-7-9-20/h8,10-11,15-17H,6-7,9,12-14H2,1-5H3,(H,24,25)/t15-,16-,17-/m0/s1. The number of carbonyl (C=O) groups is 1. The van der Waals surface area contributed by atoms with E-state index in [-0.39, 0.29) is 18.1 Å². The van der Waals surface area contributed by atoms with Gasteiger partial charge in [-0.15, -0.1) is 0 Å². The first-order valence-electron chi connectivity index (χ1n) is 10.0. The van der Waals surface area contributed by atoms with Crippen LogP contribution in [-0.4, -0.2) is 36.3 Å². The predicted octanol–water partition coefficient (Wildman–Crippen LogP) is 4.29. The maximum absolute atomic E-state index is 11.0. The van der Waals surface area contributed by atoms with Gasteiger partial charge in [-0.05, 0) is 69.6 Å². The highest BCUT2D eigenvalue weighted by molar-refractivity contribution is 5.73. The van der Waals surface area contributed by atoms with E-state index in [1.54, 1.807) is 0 Å². The molecule has 0 saturated heterocycles. The lowest BCUT2D eigenvalue weighted by atomic mass is 10.0. The third-order valence-electron chi connectivity index (χ3n) is 4.86. The topological polar surface area (TPSA) is 60.5 Å². The highest BCUT2D eigenvalue weighted by Gasteiger charge is 2.16. The summed E-state index contributed by atoms with van der Waals surface area (Å²) >= 11 is 0. The molecule has 1 heterocycles. The zero-order valence-corrected chi connectivity index (χ0v) is 17.4. The molecule has 5 heteroatoms. The molecule has 0 saturated carbocycles. The second-order valence-electron chi connectivity index (χ2n) is 7.81. The van der Waals surface area contributed by atoms with Gasteiger partial charge in [-0.3, -0.25) is 4.79 Å². The fraction of sp³-hybridized carbons (Fsp3) is 0.636. The number of pyridine rings is 1. The first kappa shape index (κ1) is 21.4. The van der Waals surface area contributed by atoms with Crippen molar-refractivity contribution in [2.75, 3.05) is 13.2 Å². The van der Waals surface area contributed by atoms with Gasteiger partial charge in [0.25, 0.3) is 0 Å². The van der Waals surface area contributed by atoms with Crippen LogP contribution in [0.5, 0.6) is 5.88 Å². The van der Waals surface area contributed by atoms with Crippen LogP contribution in [-0.2, 0) is 9.53 Å². The zero-order chi connectivity index (χ0) is 19.8. The fourth-order valence-corrected chi connectivity index (χ4v) is 3.55. The van der Waals surface area contributed by atoms with Crippen LogP contribution in [0.3, 0.4) is 0 Å². The van der Waals surface area contributed by atoms with Crippen molar-refractivity contribution in [3.05, 3.63) is 29.5 Å². The minimum atomic E-state index is -0.0287. The van der Waals surface area contributed by atoms with E-state index < -0.39 is 0 Å². The van der Waals surface area contributed by atoms with Crippen LogP contribution in [0.25, 0.3) is 5.57 Å². The van der Waals surface area contributed by atoms with E-state index >= 15 is 0 Å². The van der Waals surface area contributed by atoms with Gasteiger partial charge in [0.05, 0.1) is 19.3 Å². The van der Waals surface area contributed by atoms with Gasteiger partial charge in [-0.1, -0.05) is 13.0 Å². The number of rotatable bonds is 10. The molecule has 5 nitrogen and oxygen atoms in total.